The van der Waals surface area contributed by atoms with Crippen LogP contribution in [0.1, 0.15) is 53.3 Å². The van der Waals surface area contributed by atoms with Crippen LogP contribution in [0.15, 0.2) is 48.5 Å². The van der Waals surface area contributed by atoms with Crippen molar-refractivity contribution in [1.29, 1.82) is 0 Å². The van der Waals surface area contributed by atoms with Crippen molar-refractivity contribution in [2.24, 2.45) is 0 Å². The second-order valence-electron chi connectivity index (χ2n) is 7.96. The minimum absolute atomic E-state index is 0.222. The molecule has 0 fully saturated rings. The minimum atomic E-state index is 0.222. The highest BCUT2D eigenvalue weighted by Gasteiger charge is 2.16. The van der Waals surface area contributed by atoms with E-state index in [1.807, 2.05) is 0 Å². The highest BCUT2D eigenvalue weighted by atomic mass is 15.2. The Morgan fingerprint density at radius 1 is 0.613 bits per heavy atom. The number of hydrogen-bond donors (Lipinski definition) is 0. The zero-order valence-electron chi connectivity index (χ0n) is 19.8. The van der Waals surface area contributed by atoms with Gasteiger partial charge in [0.2, 0.25) is 0 Å². The van der Waals surface area contributed by atoms with Gasteiger partial charge in [0.25, 0.3) is 0 Å². The summed E-state index contributed by atoms with van der Waals surface area (Å²) in [6.45, 7) is 16.9. The molecule has 0 aliphatic carbocycles. The zero-order valence-corrected chi connectivity index (χ0v) is 19.8. The van der Waals surface area contributed by atoms with Gasteiger partial charge in [0.1, 0.15) is 11.4 Å². The lowest BCUT2D eigenvalue weighted by atomic mass is 10.0. The first-order chi connectivity index (χ1) is 15.0. The lowest BCUT2D eigenvalue weighted by Crippen LogP contribution is -2.21. The Bertz CT molecular complexity index is 956. The van der Waals surface area contributed by atoms with Crippen LogP contribution in [0.4, 0.5) is 11.4 Å². The summed E-state index contributed by atoms with van der Waals surface area (Å²) >= 11 is 0. The van der Waals surface area contributed by atoms with Gasteiger partial charge >= 0.3 is 0 Å². The molecule has 3 rings (SSSR count). The van der Waals surface area contributed by atoms with Crippen molar-refractivity contribution in [2.75, 3.05) is 36.0 Å². The molecule has 0 bridgehead atoms. The summed E-state index contributed by atoms with van der Waals surface area (Å²) in [6, 6.07) is 17.2. The quantitative estimate of drug-likeness (QED) is 0.426. The fourth-order valence-corrected chi connectivity index (χ4v) is 3.82. The highest BCUT2D eigenvalue weighted by molar-refractivity contribution is 5.79. The van der Waals surface area contributed by atoms with Gasteiger partial charge in [-0.1, -0.05) is 38.1 Å². The van der Waals surface area contributed by atoms with Crippen LogP contribution in [0.5, 0.6) is 0 Å². The molecule has 5 nitrogen and oxygen atoms in total. The zero-order chi connectivity index (χ0) is 22.4. The van der Waals surface area contributed by atoms with Crippen LogP contribution in [0, 0.1) is 0 Å². The van der Waals surface area contributed by atoms with Crippen LogP contribution in [0.2, 0.25) is 0 Å². The lowest BCUT2D eigenvalue weighted by molar-refractivity contribution is 0.740. The van der Waals surface area contributed by atoms with Crippen LogP contribution in [0.3, 0.4) is 0 Å². The van der Waals surface area contributed by atoms with Crippen LogP contribution >= 0.6 is 0 Å². The molecular formula is C26H35N5. The van der Waals surface area contributed by atoms with Crippen molar-refractivity contribution in [2.45, 2.75) is 47.5 Å². The Labute approximate surface area is 187 Å². The molecule has 0 aliphatic rings. The number of benzene rings is 2. The van der Waals surface area contributed by atoms with Crippen molar-refractivity contribution in [3.63, 3.8) is 0 Å². The molecule has 1 aromatic heterocycles. The largest absolute Gasteiger partial charge is 0.372 e. The summed E-state index contributed by atoms with van der Waals surface area (Å²) < 4.78 is 0. The SMILES string of the molecule is CCN(CC)c1ccc(-c2nnc(C(C)C)nc2-c2ccc(N(CC)CC)cc2)cc1. The van der Waals surface area contributed by atoms with E-state index in [0.717, 1.165) is 54.5 Å². The normalized spacial score (nSPS) is 11.1. The molecule has 164 valence electrons. The summed E-state index contributed by atoms with van der Waals surface area (Å²) in [4.78, 5) is 9.60. The Morgan fingerprint density at radius 2 is 1.03 bits per heavy atom. The Hall–Kier alpha value is -2.95. The molecule has 5 heteroatoms. The Kier molecular flexibility index (Phi) is 7.61. The number of hydrogen-bond acceptors (Lipinski definition) is 5. The highest BCUT2D eigenvalue weighted by Crippen LogP contribution is 2.31. The van der Waals surface area contributed by atoms with E-state index in [0.29, 0.717) is 0 Å². The van der Waals surface area contributed by atoms with Crippen molar-refractivity contribution in [3.05, 3.63) is 54.4 Å². The van der Waals surface area contributed by atoms with E-state index < -0.39 is 0 Å². The molecule has 0 radical (unpaired) electrons. The maximum absolute atomic E-state index is 4.93. The van der Waals surface area contributed by atoms with Crippen molar-refractivity contribution in [1.82, 2.24) is 15.2 Å². The minimum Gasteiger partial charge on any atom is -0.372 e. The second-order valence-corrected chi connectivity index (χ2v) is 7.96. The topological polar surface area (TPSA) is 45.2 Å². The van der Waals surface area contributed by atoms with E-state index in [9.17, 15) is 0 Å². The van der Waals surface area contributed by atoms with Crippen molar-refractivity contribution in [3.8, 4) is 22.5 Å². The van der Waals surface area contributed by atoms with Crippen LogP contribution in [-0.4, -0.2) is 41.4 Å². The molecular weight excluding hydrogens is 382 g/mol. The van der Waals surface area contributed by atoms with Gasteiger partial charge in [0.05, 0.1) is 0 Å². The average Bonchev–Trinajstić information content (AvgIpc) is 2.81. The Balaban J connectivity index is 2.04. The summed E-state index contributed by atoms with van der Waals surface area (Å²) in [5, 5.41) is 9.04. The van der Waals surface area contributed by atoms with E-state index in [1.54, 1.807) is 0 Å². The predicted octanol–water partition coefficient (Wildman–Crippen LogP) is 6.02. The van der Waals surface area contributed by atoms with Crippen LogP contribution < -0.4 is 9.80 Å². The van der Waals surface area contributed by atoms with Gasteiger partial charge in [-0.2, -0.15) is 0 Å². The van der Waals surface area contributed by atoms with E-state index >= 15 is 0 Å². The lowest BCUT2D eigenvalue weighted by Gasteiger charge is -2.21. The van der Waals surface area contributed by atoms with E-state index in [1.165, 1.54) is 11.4 Å². The molecule has 31 heavy (non-hydrogen) atoms. The van der Waals surface area contributed by atoms with Crippen LogP contribution in [0.25, 0.3) is 22.5 Å². The first kappa shape index (κ1) is 22.7. The summed E-state index contributed by atoms with van der Waals surface area (Å²) in [7, 11) is 0. The summed E-state index contributed by atoms with van der Waals surface area (Å²) in [5.41, 5.74) is 6.26. The summed E-state index contributed by atoms with van der Waals surface area (Å²) in [5.74, 6) is 0.992. The standard InChI is InChI=1S/C26H35N5/c1-7-30(8-2)22-15-11-20(12-16-22)24-25(28-29-26(27-24)19(5)6)21-13-17-23(18-14-21)31(9-3)10-4/h11-19H,7-10H2,1-6H3. The Morgan fingerprint density at radius 3 is 1.42 bits per heavy atom. The van der Waals surface area contributed by atoms with Gasteiger partial charge in [0, 0.05) is 54.6 Å². The molecule has 0 atom stereocenters. The van der Waals surface area contributed by atoms with Gasteiger partial charge < -0.3 is 9.80 Å². The third-order valence-corrected chi connectivity index (χ3v) is 5.76. The van der Waals surface area contributed by atoms with E-state index in [2.05, 4.69) is 110 Å². The van der Waals surface area contributed by atoms with E-state index in [4.69, 9.17) is 4.98 Å². The van der Waals surface area contributed by atoms with Gasteiger partial charge in [-0.3, -0.25) is 0 Å². The number of rotatable bonds is 9. The molecule has 0 aliphatic heterocycles. The van der Waals surface area contributed by atoms with Crippen molar-refractivity contribution >= 4 is 11.4 Å². The second kappa shape index (κ2) is 10.4. The molecule has 3 aromatic rings. The average molecular weight is 418 g/mol. The monoisotopic (exact) mass is 417 g/mol. The maximum Gasteiger partial charge on any atom is 0.154 e. The number of nitrogens with zero attached hydrogens (tertiary/aromatic N) is 5. The van der Waals surface area contributed by atoms with Gasteiger partial charge in [-0.15, -0.1) is 10.2 Å². The third kappa shape index (κ3) is 5.04. The number of anilines is 2. The maximum atomic E-state index is 4.93. The molecule has 0 spiro atoms. The van der Waals surface area contributed by atoms with Gasteiger partial charge in [0.15, 0.2) is 5.82 Å². The van der Waals surface area contributed by atoms with Crippen LogP contribution in [-0.2, 0) is 0 Å². The smallest absolute Gasteiger partial charge is 0.154 e. The summed E-state index contributed by atoms with van der Waals surface area (Å²) in [6.07, 6.45) is 0. The fourth-order valence-electron chi connectivity index (χ4n) is 3.82. The third-order valence-electron chi connectivity index (χ3n) is 5.76. The van der Waals surface area contributed by atoms with Crippen molar-refractivity contribution < 1.29 is 0 Å². The predicted molar refractivity (Wildman–Crippen MR) is 132 cm³/mol. The van der Waals surface area contributed by atoms with Gasteiger partial charge in [-0.05, 0) is 52.0 Å². The fraction of sp³-hybridized carbons (Fsp3) is 0.423. The molecule has 0 saturated carbocycles. The molecule has 0 unspecified atom stereocenters. The molecule has 0 N–H and O–H groups in total. The van der Waals surface area contributed by atoms with E-state index in [-0.39, 0.29) is 5.92 Å². The molecule has 2 aromatic carbocycles. The van der Waals surface area contributed by atoms with Gasteiger partial charge in [-0.25, -0.2) is 4.98 Å². The molecule has 1 heterocycles. The first-order valence-corrected chi connectivity index (χ1v) is 11.5. The number of aromatic nitrogens is 3. The molecule has 0 saturated heterocycles. The molecule has 0 amide bonds. The first-order valence-electron chi connectivity index (χ1n) is 11.5.